The molecule has 2 fully saturated rings. The summed E-state index contributed by atoms with van der Waals surface area (Å²) in [4.78, 5) is 0. The highest BCUT2D eigenvalue weighted by Crippen LogP contribution is 2.24. The summed E-state index contributed by atoms with van der Waals surface area (Å²) in [6.07, 6.45) is 0.102. The van der Waals surface area contributed by atoms with Gasteiger partial charge in [-0.25, -0.2) is 0 Å². The second-order valence-corrected chi connectivity index (χ2v) is 2.92. The molecule has 0 spiro atoms. The average Bonchev–Trinajstić information content (AvgIpc) is 2.41. The molecule has 4 heteroatoms. The van der Waals surface area contributed by atoms with Crippen LogP contribution in [0.4, 0.5) is 0 Å². The predicted octanol–water partition coefficient (Wildman–Crippen LogP) is -1.56. The van der Waals surface area contributed by atoms with Gasteiger partial charge in [-0.15, -0.1) is 0 Å². The summed E-state index contributed by atoms with van der Waals surface area (Å²) in [5, 5.41) is 0. The fourth-order valence-corrected chi connectivity index (χ4v) is 1.56. The third kappa shape index (κ3) is 0.769. The minimum Gasteiger partial charge on any atom is -0.372 e. The number of hydrogen-bond acceptors (Lipinski definition) is 4. The van der Waals surface area contributed by atoms with E-state index in [0.717, 1.165) is 0 Å². The van der Waals surface area contributed by atoms with Crippen LogP contribution in [0.2, 0.25) is 0 Å². The molecule has 1 unspecified atom stereocenters. The first kappa shape index (κ1) is 6.54. The van der Waals surface area contributed by atoms with Gasteiger partial charge in [-0.3, -0.25) is 0 Å². The molecule has 0 saturated carbocycles. The third-order valence-corrected chi connectivity index (χ3v) is 2.13. The smallest absolute Gasteiger partial charge is 0.103 e. The molecule has 0 bridgehead atoms. The van der Waals surface area contributed by atoms with Gasteiger partial charge in [0.05, 0.1) is 25.3 Å². The molecule has 0 aromatic rings. The van der Waals surface area contributed by atoms with E-state index in [9.17, 15) is 0 Å². The van der Waals surface area contributed by atoms with Crippen molar-refractivity contribution in [3.63, 3.8) is 0 Å². The van der Waals surface area contributed by atoms with Crippen molar-refractivity contribution in [2.75, 3.05) is 13.2 Å². The van der Waals surface area contributed by atoms with Gasteiger partial charge in [-0.2, -0.15) is 0 Å². The van der Waals surface area contributed by atoms with E-state index < -0.39 is 0 Å². The Morgan fingerprint density at radius 2 is 1.30 bits per heavy atom. The molecule has 2 heterocycles. The monoisotopic (exact) mass is 144 g/mol. The van der Waals surface area contributed by atoms with E-state index in [-0.39, 0.29) is 24.3 Å². The van der Waals surface area contributed by atoms with E-state index in [0.29, 0.717) is 13.2 Å². The number of nitrogens with two attached hydrogens (primary N) is 2. The summed E-state index contributed by atoms with van der Waals surface area (Å²) in [6, 6.07) is 0.0529. The maximum Gasteiger partial charge on any atom is 0.103 e. The Kier molecular flexibility index (Phi) is 1.42. The largest absolute Gasteiger partial charge is 0.372 e. The fourth-order valence-electron chi connectivity index (χ4n) is 1.56. The lowest BCUT2D eigenvalue weighted by Gasteiger charge is -2.10. The van der Waals surface area contributed by atoms with Crippen molar-refractivity contribution in [2.24, 2.45) is 11.5 Å². The first-order valence-corrected chi connectivity index (χ1v) is 3.53. The highest BCUT2D eigenvalue weighted by molar-refractivity contribution is 4.97. The molecule has 2 aliphatic rings. The van der Waals surface area contributed by atoms with Crippen LogP contribution in [0, 0.1) is 0 Å². The van der Waals surface area contributed by atoms with E-state index in [2.05, 4.69) is 0 Å². The molecule has 2 aliphatic heterocycles. The molecule has 0 aromatic heterocycles. The quantitative estimate of drug-likeness (QED) is 0.431. The molecule has 2 rings (SSSR count). The summed E-state index contributed by atoms with van der Waals surface area (Å²) >= 11 is 0. The molecule has 10 heavy (non-hydrogen) atoms. The van der Waals surface area contributed by atoms with Crippen LogP contribution >= 0.6 is 0 Å². The second-order valence-electron chi connectivity index (χ2n) is 2.92. The van der Waals surface area contributed by atoms with Gasteiger partial charge in [-0.05, 0) is 0 Å². The van der Waals surface area contributed by atoms with Crippen molar-refractivity contribution >= 4 is 0 Å². The third-order valence-electron chi connectivity index (χ3n) is 2.13. The molecular formula is C6H12N2O2. The highest BCUT2D eigenvalue weighted by Gasteiger charge is 2.44. The fraction of sp³-hybridized carbons (Fsp3) is 1.00. The van der Waals surface area contributed by atoms with Crippen molar-refractivity contribution in [1.29, 1.82) is 0 Å². The van der Waals surface area contributed by atoms with Crippen molar-refractivity contribution in [1.82, 2.24) is 0 Å². The molecule has 4 N–H and O–H groups in total. The molecule has 4 atom stereocenters. The van der Waals surface area contributed by atoms with Gasteiger partial charge >= 0.3 is 0 Å². The van der Waals surface area contributed by atoms with Gasteiger partial charge in [0, 0.05) is 0 Å². The van der Waals surface area contributed by atoms with Crippen LogP contribution in [0.5, 0.6) is 0 Å². The summed E-state index contributed by atoms with van der Waals surface area (Å²) in [7, 11) is 0. The van der Waals surface area contributed by atoms with Gasteiger partial charge in [0.25, 0.3) is 0 Å². The van der Waals surface area contributed by atoms with E-state index in [1.807, 2.05) is 0 Å². The van der Waals surface area contributed by atoms with Crippen LogP contribution < -0.4 is 11.5 Å². The van der Waals surface area contributed by atoms with Gasteiger partial charge in [-0.1, -0.05) is 0 Å². The predicted molar refractivity (Wildman–Crippen MR) is 35.4 cm³/mol. The number of ether oxygens (including phenoxy) is 2. The van der Waals surface area contributed by atoms with Crippen LogP contribution in [-0.4, -0.2) is 37.5 Å². The topological polar surface area (TPSA) is 70.5 Å². The first-order valence-electron chi connectivity index (χ1n) is 3.53. The summed E-state index contributed by atoms with van der Waals surface area (Å²) in [5.41, 5.74) is 11.4. The molecule has 0 amide bonds. The van der Waals surface area contributed by atoms with Crippen LogP contribution in [-0.2, 0) is 9.47 Å². The van der Waals surface area contributed by atoms with E-state index in [4.69, 9.17) is 20.9 Å². The van der Waals surface area contributed by atoms with Gasteiger partial charge in [0.2, 0.25) is 0 Å². The lowest BCUT2D eigenvalue weighted by Crippen LogP contribution is -2.39. The summed E-state index contributed by atoms with van der Waals surface area (Å²) in [5.74, 6) is 0. The van der Waals surface area contributed by atoms with Crippen LogP contribution in [0.1, 0.15) is 0 Å². The highest BCUT2D eigenvalue weighted by atomic mass is 16.6. The first-order chi connectivity index (χ1) is 4.79. The Labute approximate surface area is 59.5 Å². The van der Waals surface area contributed by atoms with Gasteiger partial charge in [0.15, 0.2) is 0 Å². The second kappa shape index (κ2) is 2.17. The molecule has 0 aromatic carbocycles. The Balaban J connectivity index is 2.09. The maximum atomic E-state index is 5.68. The summed E-state index contributed by atoms with van der Waals surface area (Å²) < 4.78 is 10.7. The zero-order chi connectivity index (χ0) is 7.14. The zero-order valence-electron chi connectivity index (χ0n) is 5.69. The van der Waals surface area contributed by atoms with Crippen LogP contribution in [0.25, 0.3) is 0 Å². The Morgan fingerprint density at radius 1 is 0.900 bits per heavy atom. The van der Waals surface area contributed by atoms with Crippen LogP contribution in [0.3, 0.4) is 0 Å². The number of fused-ring (bicyclic) bond motifs is 1. The average molecular weight is 144 g/mol. The summed E-state index contributed by atoms with van der Waals surface area (Å²) in [6.45, 7) is 1.17. The van der Waals surface area contributed by atoms with E-state index in [1.54, 1.807) is 0 Å². The molecule has 0 radical (unpaired) electrons. The standard InChI is InChI=1S/C6H12N2O2/c7-3-1-9-6-4(8)2-10-5(3)6/h3-6H,1-2,7-8H2/t3-,4?,5-,6-/m1/s1. The minimum absolute atomic E-state index is 0.0264. The molecular weight excluding hydrogens is 132 g/mol. The van der Waals surface area contributed by atoms with Gasteiger partial charge in [0.1, 0.15) is 12.2 Å². The van der Waals surface area contributed by atoms with Gasteiger partial charge < -0.3 is 20.9 Å². The van der Waals surface area contributed by atoms with E-state index in [1.165, 1.54) is 0 Å². The van der Waals surface area contributed by atoms with Crippen LogP contribution in [0.15, 0.2) is 0 Å². The number of hydrogen-bond donors (Lipinski definition) is 2. The Bertz CT molecular complexity index is 126. The molecule has 2 saturated heterocycles. The molecule has 0 aliphatic carbocycles. The molecule has 58 valence electrons. The number of rotatable bonds is 0. The molecule has 4 nitrogen and oxygen atoms in total. The zero-order valence-corrected chi connectivity index (χ0v) is 5.69. The van der Waals surface area contributed by atoms with E-state index >= 15 is 0 Å². The Hall–Kier alpha value is -0.160. The van der Waals surface area contributed by atoms with Crippen molar-refractivity contribution < 1.29 is 9.47 Å². The lowest BCUT2D eigenvalue weighted by molar-refractivity contribution is 0.0691. The minimum atomic E-state index is 0.0264. The SMILES string of the molecule is NC1CO[C@@H]2[C@H](N)CO[C@H]12. The normalized spacial score (nSPS) is 53.4. The maximum absolute atomic E-state index is 5.68. The Morgan fingerprint density at radius 3 is 1.70 bits per heavy atom. The van der Waals surface area contributed by atoms with Crippen molar-refractivity contribution in [3.8, 4) is 0 Å². The lowest BCUT2D eigenvalue weighted by atomic mass is 10.1. The van der Waals surface area contributed by atoms with Crippen molar-refractivity contribution in [2.45, 2.75) is 24.3 Å². The van der Waals surface area contributed by atoms with Crippen molar-refractivity contribution in [3.05, 3.63) is 0 Å².